The lowest BCUT2D eigenvalue weighted by Crippen LogP contribution is -2.53. The number of aliphatic hydroxyl groups excluding tert-OH is 1. The quantitative estimate of drug-likeness (QED) is 0.115. The summed E-state index contributed by atoms with van der Waals surface area (Å²) < 4.78 is 6.59. The van der Waals surface area contributed by atoms with Crippen molar-refractivity contribution >= 4 is 17.7 Å². The summed E-state index contributed by atoms with van der Waals surface area (Å²) in [6.07, 6.45) is 23.9. The Balaban J connectivity index is 0.776. The molecule has 3 saturated heterocycles. The van der Waals surface area contributed by atoms with Crippen molar-refractivity contribution in [2.24, 2.45) is 29.6 Å². The van der Waals surface area contributed by atoms with Gasteiger partial charge in [0, 0.05) is 44.6 Å². The number of rotatable bonds is 14. The Hall–Kier alpha value is -1.85. The number of carbonyl (C=O) groups excluding carboxylic acids is 3. The van der Waals surface area contributed by atoms with Crippen LogP contribution in [0.25, 0.3) is 0 Å². The highest BCUT2D eigenvalue weighted by Crippen LogP contribution is 2.46. The van der Waals surface area contributed by atoms with Gasteiger partial charge in [0.15, 0.2) is 0 Å². The Labute approximate surface area is 332 Å². The van der Waals surface area contributed by atoms with Gasteiger partial charge in [-0.25, -0.2) is 0 Å². The third-order valence-corrected chi connectivity index (χ3v) is 15.2. The van der Waals surface area contributed by atoms with Crippen LogP contribution in [0.3, 0.4) is 0 Å². The number of imide groups is 1. The smallest absolute Gasteiger partial charge is 0.249 e. The number of allylic oxidation sites excluding steroid dienone is 2. The van der Waals surface area contributed by atoms with Gasteiger partial charge in [-0.2, -0.15) is 0 Å². The SMILES string of the molecule is CC/C(=C(\C1CCC(O)CC1)C1CCC(OCCN2CCCN(CCCNC3CCC4C(=O)N(C5CCC(=O)NC5=O)CC4C3)CC2)CC1)C1CCCCC1. The predicted octanol–water partition coefficient (Wildman–Crippen LogP) is 5.82. The molecular formula is C45H75N5O5. The van der Waals surface area contributed by atoms with Crippen LogP contribution in [-0.4, -0.2) is 121 Å². The van der Waals surface area contributed by atoms with Crippen molar-refractivity contribution in [1.29, 1.82) is 0 Å². The summed E-state index contributed by atoms with van der Waals surface area (Å²) in [7, 11) is 0. The highest BCUT2D eigenvalue weighted by Gasteiger charge is 2.48. The summed E-state index contributed by atoms with van der Waals surface area (Å²) in [6, 6.07) is -0.0413. The number of nitrogens with zero attached hydrogens (tertiary/aromatic N) is 3. The molecule has 0 aromatic rings. The molecule has 4 saturated carbocycles. The molecule has 10 nitrogen and oxygen atoms in total. The van der Waals surface area contributed by atoms with Crippen molar-refractivity contribution in [3.05, 3.63) is 11.1 Å². The van der Waals surface area contributed by atoms with E-state index in [1.54, 1.807) is 4.90 Å². The maximum absolute atomic E-state index is 13.2. The second-order valence-electron chi connectivity index (χ2n) is 18.7. The van der Waals surface area contributed by atoms with Crippen LogP contribution in [0.2, 0.25) is 0 Å². The highest BCUT2D eigenvalue weighted by molar-refractivity contribution is 6.02. The van der Waals surface area contributed by atoms with E-state index in [0.29, 0.717) is 43.4 Å². The second kappa shape index (κ2) is 20.2. The first-order valence-electron chi connectivity index (χ1n) is 23.2. The minimum Gasteiger partial charge on any atom is -0.393 e. The number of carbonyl (C=O) groups is 3. The monoisotopic (exact) mass is 766 g/mol. The fourth-order valence-electron chi connectivity index (χ4n) is 12.2. The van der Waals surface area contributed by atoms with Crippen LogP contribution < -0.4 is 10.6 Å². The zero-order valence-electron chi connectivity index (χ0n) is 34.3. The van der Waals surface area contributed by atoms with E-state index >= 15 is 0 Å². The lowest BCUT2D eigenvalue weighted by molar-refractivity contribution is -0.144. The average molecular weight is 766 g/mol. The minimum absolute atomic E-state index is 0.0348. The summed E-state index contributed by atoms with van der Waals surface area (Å²) in [5.74, 6) is 2.18. The molecule has 3 N–H and O–H groups in total. The van der Waals surface area contributed by atoms with E-state index in [1.165, 1.54) is 90.0 Å². The van der Waals surface area contributed by atoms with Gasteiger partial charge in [0.2, 0.25) is 17.7 Å². The molecule has 3 aliphatic heterocycles. The van der Waals surface area contributed by atoms with Crippen LogP contribution in [0.4, 0.5) is 0 Å². The molecule has 10 heteroatoms. The molecule has 0 radical (unpaired) electrons. The van der Waals surface area contributed by atoms with Crippen LogP contribution in [0.1, 0.15) is 142 Å². The molecule has 4 atom stereocenters. The van der Waals surface area contributed by atoms with Gasteiger partial charge in [-0.1, -0.05) is 37.3 Å². The van der Waals surface area contributed by atoms with E-state index in [0.717, 1.165) is 96.2 Å². The van der Waals surface area contributed by atoms with Crippen LogP contribution in [0.15, 0.2) is 11.1 Å². The van der Waals surface area contributed by atoms with Gasteiger partial charge < -0.3 is 25.0 Å². The number of fused-ring (bicyclic) bond motifs is 1. The van der Waals surface area contributed by atoms with Crippen LogP contribution >= 0.6 is 0 Å². The first-order valence-corrected chi connectivity index (χ1v) is 23.2. The van der Waals surface area contributed by atoms with E-state index in [-0.39, 0.29) is 29.7 Å². The summed E-state index contributed by atoms with van der Waals surface area (Å²) in [4.78, 5) is 44.2. The molecule has 4 unspecified atom stereocenters. The minimum atomic E-state index is -0.478. The van der Waals surface area contributed by atoms with E-state index in [9.17, 15) is 19.5 Å². The summed E-state index contributed by atoms with van der Waals surface area (Å²) in [5, 5.41) is 16.5. The molecule has 4 aliphatic carbocycles. The number of nitrogens with one attached hydrogen (secondary N) is 2. The summed E-state index contributed by atoms with van der Waals surface area (Å²) in [6.45, 7) is 11.7. The van der Waals surface area contributed by atoms with Crippen molar-refractivity contribution < 1.29 is 24.2 Å². The highest BCUT2D eigenvalue weighted by atomic mass is 16.5. The number of piperidine rings is 1. The zero-order valence-corrected chi connectivity index (χ0v) is 34.3. The Morgan fingerprint density at radius 1 is 0.782 bits per heavy atom. The zero-order chi connectivity index (χ0) is 38.1. The van der Waals surface area contributed by atoms with Crippen LogP contribution in [-0.2, 0) is 19.1 Å². The number of ether oxygens (including phenoxy) is 1. The molecule has 0 aromatic heterocycles. The van der Waals surface area contributed by atoms with E-state index in [1.807, 2.05) is 11.1 Å². The largest absolute Gasteiger partial charge is 0.393 e. The fourth-order valence-corrected chi connectivity index (χ4v) is 12.2. The molecule has 0 bridgehead atoms. The van der Waals surface area contributed by atoms with Gasteiger partial charge in [0.1, 0.15) is 6.04 Å². The molecule has 7 fully saturated rings. The topological polar surface area (TPSA) is 114 Å². The molecule has 3 heterocycles. The van der Waals surface area contributed by atoms with Gasteiger partial charge in [0.25, 0.3) is 0 Å². The normalized spacial score (nSPS) is 35.3. The molecule has 7 rings (SSSR count). The Kier molecular flexibility index (Phi) is 15.2. The lowest BCUT2D eigenvalue weighted by Gasteiger charge is -2.39. The maximum Gasteiger partial charge on any atom is 0.249 e. The first kappa shape index (κ1) is 41.3. The number of amides is 3. The number of likely N-dealkylation sites (tertiary alicyclic amines) is 1. The molecule has 0 spiro atoms. The number of hydrogen-bond acceptors (Lipinski definition) is 8. The maximum atomic E-state index is 13.2. The molecule has 310 valence electrons. The van der Waals surface area contributed by atoms with E-state index < -0.39 is 6.04 Å². The van der Waals surface area contributed by atoms with Crippen molar-refractivity contribution in [3.63, 3.8) is 0 Å². The van der Waals surface area contributed by atoms with Gasteiger partial charge >= 0.3 is 0 Å². The molecular weight excluding hydrogens is 691 g/mol. The fraction of sp³-hybridized carbons (Fsp3) is 0.889. The van der Waals surface area contributed by atoms with Gasteiger partial charge in [-0.3, -0.25) is 24.6 Å². The van der Waals surface area contributed by atoms with Crippen LogP contribution in [0, 0.1) is 29.6 Å². The van der Waals surface area contributed by atoms with E-state index in [2.05, 4.69) is 27.4 Å². The third-order valence-electron chi connectivity index (χ3n) is 15.2. The van der Waals surface area contributed by atoms with Crippen molar-refractivity contribution in [1.82, 2.24) is 25.3 Å². The van der Waals surface area contributed by atoms with Crippen LogP contribution in [0.5, 0.6) is 0 Å². The van der Waals surface area contributed by atoms with Gasteiger partial charge in [-0.05, 0) is 159 Å². The standard InChI is InChI=1S/C45H75N5O5/c1-2-39(32-8-4-3-5-9-32)43(33-10-15-37(51)16-11-33)34-12-17-38(18-13-34)55-29-28-49-25-7-24-48(26-27-49)23-6-22-46-36-14-19-40-35(30-36)31-50(45(40)54)41-20-21-42(52)47-44(41)53/h32-38,40-41,46,51H,2-31H2,1H3,(H,47,52,53)/b43-39-. The molecule has 55 heavy (non-hydrogen) atoms. The van der Waals surface area contributed by atoms with Crippen molar-refractivity contribution in [3.8, 4) is 0 Å². The average Bonchev–Trinajstić information content (AvgIpc) is 3.35. The van der Waals surface area contributed by atoms with Gasteiger partial charge in [0.05, 0.1) is 18.8 Å². The Bertz CT molecular complexity index is 1300. The number of hydrogen-bond donors (Lipinski definition) is 3. The second-order valence-corrected chi connectivity index (χ2v) is 18.7. The van der Waals surface area contributed by atoms with Crippen molar-refractivity contribution in [2.75, 3.05) is 59.0 Å². The number of aliphatic hydroxyl groups is 1. The third kappa shape index (κ3) is 10.8. The molecule has 3 amide bonds. The van der Waals surface area contributed by atoms with Crippen molar-refractivity contribution in [2.45, 2.75) is 166 Å². The first-order chi connectivity index (χ1) is 26.9. The predicted molar refractivity (Wildman–Crippen MR) is 216 cm³/mol. The Morgan fingerprint density at radius 2 is 1.49 bits per heavy atom. The molecule has 7 aliphatic rings. The van der Waals surface area contributed by atoms with E-state index in [4.69, 9.17) is 4.74 Å². The lowest BCUT2D eigenvalue weighted by atomic mass is 9.68. The Morgan fingerprint density at radius 3 is 2.20 bits per heavy atom. The summed E-state index contributed by atoms with van der Waals surface area (Å²) in [5.41, 5.74) is 3.70. The summed E-state index contributed by atoms with van der Waals surface area (Å²) >= 11 is 0. The molecule has 0 aromatic carbocycles. The van der Waals surface area contributed by atoms with Gasteiger partial charge in [-0.15, -0.1) is 0 Å².